The molecule has 0 fully saturated rings. The van der Waals surface area contributed by atoms with Crippen molar-refractivity contribution in [3.63, 3.8) is 0 Å². The predicted octanol–water partition coefficient (Wildman–Crippen LogP) is 1.34. The smallest absolute Gasteiger partial charge is 0.305 e. The molecule has 0 aliphatic rings. The van der Waals surface area contributed by atoms with Crippen LogP contribution in [0.3, 0.4) is 0 Å². The van der Waals surface area contributed by atoms with Crippen molar-refractivity contribution >= 4 is 5.97 Å². The van der Waals surface area contributed by atoms with Gasteiger partial charge in [0, 0.05) is 24.9 Å². The van der Waals surface area contributed by atoms with Crippen LogP contribution in [0.15, 0.2) is 18.5 Å². The van der Waals surface area contributed by atoms with Crippen molar-refractivity contribution in [3.8, 4) is 0 Å². The van der Waals surface area contributed by atoms with Crippen LogP contribution in [0.4, 0.5) is 0 Å². The first kappa shape index (κ1) is 11.7. The minimum Gasteiger partial charge on any atom is -0.469 e. The molecule has 0 radical (unpaired) electrons. The number of carbonyl (C=O) groups is 1. The van der Waals surface area contributed by atoms with Crippen molar-refractivity contribution in [1.82, 2.24) is 4.98 Å². The second-order valence-corrected chi connectivity index (χ2v) is 3.45. The Morgan fingerprint density at radius 3 is 3.00 bits per heavy atom. The minimum atomic E-state index is -0.230. The van der Waals surface area contributed by atoms with Gasteiger partial charge in [0.1, 0.15) is 0 Å². The summed E-state index contributed by atoms with van der Waals surface area (Å²) in [5.74, 6) is -0.230. The molecular weight excluding hydrogens is 192 g/mol. The molecule has 0 amide bonds. The molecule has 0 saturated heterocycles. The monoisotopic (exact) mass is 208 g/mol. The Labute approximate surface area is 89.5 Å². The first-order valence-electron chi connectivity index (χ1n) is 4.88. The Hall–Kier alpha value is -1.42. The van der Waals surface area contributed by atoms with Crippen molar-refractivity contribution in [2.24, 2.45) is 5.73 Å². The summed E-state index contributed by atoms with van der Waals surface area (Å²) in [6, 6.07) is 1.76. The molecule has 0 spiro atoms. The topological polar surface area (TPSA) is 65.2 Å². The normalized spacial score (nSPS) is 12.2. The summed E-state index contributed by atoms with van der Waals surface area (Å²) in [5.41, 5.74) is 8.04. The summed E-state index contributed by atoms with van der Waals surface area (Å²) in [5, 5.41) is 0. The van der Waals surface area contributed by atoms with Crippen molar-refractivity contribution in [2.75, 3.05) is 7.11 Å². The molecule has 1 heterocycles. The molecule has 0 aliphatic carbocycles. The number of hydrogen-bond donors (Lipinski definition) is 1. The zero-order valence-corrected chi connectivity index (χ0v) is 9.06. The highest BCUT2D eigenvalue weighted by atomic mass is 16.5. The van der Waals surface area contributed by atoms with Gasteiger partial charge in [-0.15, -0.1) is 0 Å². The van der Waals surface area contributed by atoms with Gasteiger partial charge in [-0.3, -0.25) is 9.78 Å². The molecule has 0 bridgehead atoms. The van der Waals surface area contributed by atoms with Gasteiger partial charge in [-0.05, 0) is 30.5 Å². The minimum absolute atomic E-state index is 0.155. The molecule has 1 atom stereocenters. The molecular formula is C11H16N2O2. The van der Waals surface area contributed by atoms with Gasteiger partial charge >= 0.3 is 5.97 Å². The predicted molar refractivity (Wildman–Crippen MR) is 57.2 cm³/mol. The van der Waals surface area contributed by atoms with Gasteiger partial charge in [0.2, 0.25) is 0 Å². The van der Waals surface area contributed by atoms with E-state index in [0.717, 1.165) is 11.1 Å². The number of rotatable bonds is 4. The Kier molecular flexibility index (Phi) is 4.24. The molecule has 1 aromatic rings. The van der Waals surface area contributed by atoms with Crippen LogP contribution >= 0.6 is 0 Å². The highest BCUT2D eigenvalue weighted by molar-refractivity contribution is 5.69. The molecule has 4 nitrogen and oxygen atoms in total. The van der Waals surface area contributed by atoms with E-state index >= 15 is 0 Å². The second kappa shape index (κ2) is 5.46. The molecule has 1 aromatic heterocycles. The van der Waals surface area contributed by atoms with E-state index < -0.39 is 0 Å². The van der Waals surface area contributed by atoms with Gasteiger partial charge in [-0.2, -0.15) is 0 Å². The van der Waals surface area contributed by atoms with Crippen LogP contribution < -0.4 is 5.73 Å². The standard InChI is InChI=1S/C11H16N2O2/c1-8-5-6-13-7-9(8)10(12)3-4-11(14)15-2/h5-7,10H,3-4,12H2,1-2H3. The van der Waals surface area contributed by atoms with Crippen molar-refractivity contribution in [1.29, 1.82) is 0 Å². The van der Waals surface area contributed by atoms with Crippen LogP contribution in [0.25, 0.3) is 0 Å². The summed E-state index contributed by atoms with van der Waals surface area (Å²) < 4.78 is 4.56. The summed E-state index contributed by atoms with van der Waals surface area (Å²) in [6.45, 7) is 1.98. The van der Waals surface area contributed by atoms with E-state index in [1.807, 2.05) is 13.0 Å². The average Bonchev–Trinajstić information content (AvgIpc) is 2.26. The van der Waals surface area contributed by atoms with E-state index in [-0.39, 0.29) is 12.0 Å². The number of methoxy groups -OCH3 is 1. The van der Waals surface area contributed by atoms with E-state index in [2.05, 4.69) is 9.72 Å². The summed E-state index contributed by atoms with van der Waals surface area (Å²) in [4.78, 5) is 15.0. The largest absolute Gasteiger partial charge is 0.469 e. The zero-order chi connectivity index (χ0) is 11.3. The van der Waals surface area contributed by atoms with Crippen molar-refractivity contribution in [2.45, 2.75) is 25.8 Å². The maximum absolute atomic E-state index is 10.9. The van der Waals surface area contributed by atoms with Crippen molar-refractivity contribution in [3.05, 3.63) is 29.6 Å². The number of nitrogens with zero attached hydrogens (tertiary/aromatic N) is 1. The molecule has 0 aromatic carbocycles. The number of aryl methyl sites for hydroxylation is 1. The molecule has 1 rings (SSSR count). The van der Waals surface area contributed by atoms with Crippen LogP contribution in [0.2, 0.25) is 0 Å². The fourth-order valence-electron chi connectivity index (χ4n) is 1.40. The Morgan fingerprint density at radius 1 is 1.67 bits per heavy atom. The number of nitrogens with two attached hydrogens (primary N) is 1. The lowest BCUT2D eigenvalue weighted by atomic mass is 10.0. The number of esters is 1. The number of carbonyl (C=O) groups excluding carboxylic acids is 1. The third-order valence-electron chi connectivity index (χ3n) is 2.37. The van der Waals surface area contributed by atoms with Crippen LogP contribution in [0.5, 0.6) is 0 Å². The van der Waals surface area contributed by atoms with Crippen LogP contribution in [0.1, 0.15) is 30.0 Å². The summed E-state index contributed by atoms with van der Waals surface area (Å²) >= 11 is 0. The maximum Gasteiger partial charge on any atom is 0.305 e. The Balaban J connectivity index is 2.57. The van der Waals surface area contributed by atoms with Gasteiger partial charge < -0.3 is 10.5 Å². The van der Waals surface area contributed by atoms with Crippen molar-refractivity contribution < 1.29 is 9.53 Å². The Morgan fingerprint density at radius 2 is 2.40 bits per heavy atom. The number of aromatic nitrogens is 1. The van der Waals surface area contributed by atoms with Gasteiger partial charge in [0.15, 0.2) is 0 Å². The molecule has 82 valence electrons. The lowest BCUT2D eigenvalue weighted by molar-refractivity contribution is -0.140. The highest BCUT2D eigenvalue weighted by Gasteiger charge is 2.11. The summed E-state index contributed by atoms with van der Waals surface area (Å²) in [7, 11) is 1.38. The molecule has 0 saturated carbocycles. The number of ether oxygens (including phenoxy) is 1. The molecule has 2 N–H and O–H groups in total. The van der Waals surface area contributed by atoms with Crippen LogP contribution in [0, 0.1) is 6.92 Å². The zero-order valence-electron chi connectivity index (χ0n) is 9.06. The van der Waals surface area contributed by atoms with Crippen LogP contribution in [-0.4, -0.2) is 18.1 Å². The molecule has 4 heteroatoms. The third kappa shape index (κ3) is 3.32. The average molecular weight is 208 g/mol. The third-order valence-corrected chi connectivity index (χ3v) is 2.37. The van der Waals surface area contributed by atoms with E-state index in [1.165, 1.54) is 7.11 Å². The fraction of sp³-hybridized carbons (Fsp3) is 0.455. The van der Waals surface area contributed by atoms with Gasteiger partial charge in [-0.25, -0.2) is 0 Å². The lowest BCUT2D eigenvalue weighted by Gasteiger charge is -2.12. The fourth-order valence-corrected chi connectivity index (χ4v) is 1.40. The van der Waals surface area contributed by atoms with Gasteiger partial charge in [-0.1, -0.05) is 0 Å². The Bertz CT molecular complexity index is 339. The first-order chi connectivity index (χ1) is 7.15. The SMILES string of the molecule is COC(=O)CCC(N)c1cnccc1C. The van der Waals surface area contributed by atoms with E-state index in [0.29, 0.717) is 12.8 Å². The summed E-state index contributed by atoms with van der Waals surface area (Å²) in [6.07, 6.45) is 4.40. The first-order valence-corrected chi connectivity index (χ1v) is 4.88. The van der Waals surface area contributed by atoms with E-state index in [4.69, 9.17) is 5.73 Å². The second-order valence-electron chi connectivity index (χ2n) is 3.45. The number of pyridine rings is 1. The molecule has 1 unspecified atom stereocenters. The van der Waals surface area contributed by atoms with Gasteiger partial charge in [0.25, 0.3) is 0 Å². The lowest BCUT2D eigenvalue weighted by Crippen LogP contribution is -2.14. The van der Waals surface area contributed by atoms with Gasteiger partial charge in [0.05, 0.1) is 7.11 Å². The molecule has 0 aliphatic heterocycles. The van der Waals surface area contributed by atoms with Crippen LogP contribution in [-0.2, 0) is 9.53 Å². The van der Waals surface area contributed by atoms with E-state index in [9.17, 15) is 4.79 Å². The van der Waals surface area contributed by atoms with E-state index in [1.54, 1.807) is 12.4 Å². The number of hydrogen-bond acceptors (Lipinski definition) is 4. The quantitative estimate of drug-likeness (QED) is 0.758. The highest BCUT2D eigenvalue weighted by Crippen LogP contribution is 2.18. The maximum atomic E-state index is 10.9. The molecule has 15 heavy (non-hydrogen) atoms.